The van der Waals surface area contributed by atoms with E-state index in [0.717, 1.165) is 143 Å². The molecule has 24 nitrogen and oxygen atoms in total. The van der Waals surface area contributed by atoms with Gasteiger partial charge in [0.05, 0.1) is 123 Å². The quantitative estimate of drug-likeness (QED) is 0.0551. The first-order chi connectivity index (χ1) is 53.8. The highest BCUT2D eigenvalue weighted by atomic mass is 35.5. The topological polar surface area (TPSA) is 308 Å². The van der Waals surface area contributed by atoms with E-state index in [1.807, 2.05) is 67.7 Å². The van der Waals surface area contributed by atoms with Gasteiger partial charge in [-0.2, -0.15) is 31.1 Å². The highest BCUT2D eigenvalue weighted by Gasteiger charge is 2.24. The summed E-state index contributed by atoms with van der Waals surface area (Å²) in [5.41, 5.74) is 14.4. The predicted octanol–water partition coefficient (Wildman–Crippen LogP) is 13.5. The Balaban J connectivity index is 0.000000159. The SMILES string of the molecule is CC(C)(O)COc1cc(-c2ccc(C3=CCN(Cc4cncc(F)c4)CC3)nc2)c2c(C#N)cnn2c1.CC(C)(O)COc1cc(-c2ccc(C3=CCN(Cc4cncc(F)c4)CC3)nc2)c2c(C#N)cnn2c1.CC(C)(O)COc1cc(-c2ccc(C3=CCNCC3)nc2)c2c(C#N)cnn2c1.CCc1cncc(F)c1.Cl. The number of aryl methyl sites for hydroxylation is 1. The molecule has 0 unspecified atom stereocenters. The third-order valence-electron chi connectivity index (χ3n) is 18.3. The summed E-state index contributed by atoms with van der Waals surface area (Å²) >= 11 is 0. The van der Waals surface area contributed by atoms with Crippen LogP contribution in [0, 0.1) is 51.4 Å². The van der Waals surface area contributed by atoms with Crippen LogP contribution >= 0.6 is 12.4 Å². The Morgan fingerprint density at radius 2 is 0.796 bits per heavy atom. The lowest BCUT2D eigenvalue weighted by Gasteiger charge is -2.26. The van der Waals surface area contributed by atoms with Gasteiger partial charge < -0.3 is 34.8 Å². The number of aliphatic hydroxyl groups is 3. The standard InChI is InChI=1S/2C28H27FN6O2.C22H23N5O2.C7H8FN.ClH/c2*1-28(2,36)18-37-24-10-25(27-22(11-30)14-33-35(27)17-24)21-3-4-26(32-13-21)20-5-7-34(8-6-20)16-19-9-23(29)15-31-12-19;1-22(2,28)14-29-18-9-19(21-17(10-23)12-26-27(21)13-18)16-3-4-20(25-11-16)15-5-7-24-8-6-15;1-2-6-3-7(8)5-9-4-6;/h2*3-5,9-10,12-15,17,36H,6-8,16,18H2,1-2H3;3-5,9,11-13,24,28H,6-8,14H2,1-2H3;3-5H,2H2,1H3;1H. The Labute approximate surface area is 658 Å². The van der Waals surface area contributed by atoms with Crippen molar-refractivity contribution in [2.75, 3.05) is 59.1 Å². The molecular formula is C85H86ClF3N18O6. The number of rotatable bonds is 20. The van der Waals surface area contributed by atoms with E-state index in [-0.39, 0.29) is 49.7 Å². The molecule has 15 rings (SSSR count). The average molecular weight is 1550 g/mol. The first-order valence-corrected chi connectivity index (χ1v) is 36.6. The maximum atomic E-state index is 13.4. The maximum Gasteiger partial charge on any atom is 0.141 e. The lowest BCUT2D eigenvalue weighted by molar-refractivity contribution is 0.0280. The number of nitriles is 3. The second kappa shape index (κ2) is 36.8. The largest absolute Gasteiger partial charge is 0.489 e. The van der Waals surface area contributed by atoms with Crippen molar-refractivity contribution in [3.8, 4) is 68.8 Å². The molecule has 0 radical (unpaired) electrons. The molecule has 12 aromatic heterocycles. The summed E-state index contributed by atoms with van der Waals surface area (Å²) < 4.78 is 61.4. The van der Waals surface area contributed by atoms with E-state index in [2.05, 4.69) is 86.8 Å². The Bertz CT molecular complexity index is 5320. The van der Waals surface area contributed by atoms with E-state index >= 15 is 0 Å². The molecule has 0 aromatic carbocycles. The minimum Gasteiger partial charge on any atom is -0.489 e. The summed E-state index contributed by atoms with van der Waals surface area (Å²) in [7, 11) is 0. The van der Waals surface area contributed by atoms with Gasteiger partial charge in [-0.05, 0) is 162 Å². The van der Waals surface area contributed by atoms with Crippen LogP contribution in [0.5, 0.6) is 17.2 Å². The van der Waals surface area contributed by atoms with Gasteiger partial charge in [0.1, 0.15) is 72.7 Å². The van der Waals surface area contributed by atoms with Crippen molar-refractivity contribution in [1.29, 1.82) is 15.8 Å². The molecule has 0 aliphatic carbocycles. The molecule has 0 fully saturated rings. The van der Waals surface area contributed by atoms with Gasteiger partial charge in [-0.15, -0.1) is 12.4 Å². The van der Waals surface area contributed by atoms with E-state index in [0.29, 0.717) is 63.6 Å². The van der Waals surface area contributed by atoms with Gasteiger partial charge >= 0.3 is 0 Å². The van der Waals surface area contributed by atoms with Crippen molar-refractivity contribution in [1.82, 2.24) is 73.9 Å². The van der Waals surface area contributed by atoms with Crippen molar-refractivity contribution in [3.63, 3.8) is 0 Å². The summed E-state index contributed by atoms with van der Waals surface area (Å²) in [6.07, 6.45) is 33.8. The second-order valence-electron chi connectivity index (χ2n) is 29.3. The molecule has 3 aliphatic rings. The second-order valence-corrected chi connectivity index (χ2v) is 29.3. The lowest BCUT2D eigenvalue weighted by atomic mass is 10.0. The van der Waals surface area contributed by atoms with E-state index in [1.54, 1.807) is 111 Å². The maximum absolute atomic E-state index is 13.4. The zero-order valence-corrected chi connectivity index (χ0v) is 64.5. The molecule has 0 saturated carbocycles. The minimum atomic E-state index is -0.988. The third-order valence-corrected chi connectivity index (χ3v) is 18.3. The number of hydrogen-bond donors (Lipinski definition) is 4. The molecule has 113 heavy (non-hydrogen) atoms. The van der Waals surface area contributed by atoms with Gasteiger partial charge in [0.2, 0.25) is 0 Å². The molecule has 4 N–H and O–H groups in total. The van der Waals surface area contributed by atoms with E-state index in [1.165, 1.54) is 54.8 Å². The van der Waals surface area contributed by atoms with Gasteiger partial charge in [0, 0.05) is 116 Å². The van der Waals surface area contributed by atoms with Crippen molar-refractivity contribution in [2.24, 2.45) is 0 Å². The number of halogens is 4. The van der Waals surface area contributed by atoms with Crippen molar-refractivity contribution in [2.45, 2.75) is 104 Å². The fourth-order valence-corrected chi connectivity index (χ4v) is 12.7. The number of nitrogens with one attached hydrogen (secondary N) is 1. The van der Waals surface area contributed by atoms with Crippen LogP contribution in [0.4, 0.5) is 13.2 Å². The zero-order valence-electron chi connectivity index (χ0n) is 63.6. The number of aromatic nitrogens is 12. The summed E-state index contributed by atoms with van der Waals surface area (Å²) in [5, 5.41) is 75.0. The molecule has 580 valence electrons. The highest BCUT2D eigenvalue weighted by molar-refractivity contribution is 5.88. The van der Waals surface area contributed by atoms with Crippen LogP contribution in [0.25, 0.3) is 66.7 Å². The number of hydrogen-bond acceptors (Lipinski definition) is 21. The Hall–Kier alpha value is -12.1. The zero-order chi connectivity index (χ0) is 79.1. The summed E-state index contributed by atoms with van der Waals surface area (Å²) in [6, 6.07) is 28.6. The Kier molecular flexibility index (Phi) is 26.7. The van der Waals surface area contributed by atoms with Crippen LogP contribution in [0.2, 0.25) is 0 Å². The molecule has 0 atom stereocenters. The van der Waals surface area contributed by atoms with Gasteiger partial charge in [-0.1, -0.05) is 43.4 Å². The van der Waals surface area contributed by atoms with Gasteiger partial charge in [0.15, 0.2) is 0 Å². The normalized spacial score (nSPS) is 13.9. The fourth-order valence-electron chi connectivity index (χ4n) is 12.7. The fraction of sp³-hybridized carbons (Fsp3) is 0.294. The molecule has 12 aromatic rings. The van der Waals surface area contributed by atoms with Crippen LogP contribution in [0.15, 0.2) is 184 Å². The molecule has 0 spiro atoms. The molecule has 0 saturated heterocycles. The number of nitrogens with zero attached hydrogens (tertiary/aromatic N) is 17. The first-order valence-electron chi connectivity index (χ1n) is 36.6. The Morgan fingerprint density at radius 1 is 0.451 bits per heavy atom. The molecule has 0 bridgehead atoms. The number of ether oxygens (including phenoxy) is 3. The molecule has 0 amide bonds. The summed E-state index contributed by atoms with van der Waals surface area (Å²) in [5.74, 6) is 0.732. The monoisotopic (exact) mass is 1550 g/mol. The summed E-state index contributed by atoms with van der Waals surface area (Å²) in [4.78, 5) is 30.1. The van der Waals surface area contributed by atoms with E-state index in [4.69, 9.17) is 24.2 Å². The molecule has 28 heteroatoms. The van der Waals surface area contributed by atoms with E-state index in [9.17, 15) is 44.3 Å². The van der Waals surface area contributed by atoms with Crippen molar-refractivity contribution in [3.05, 3.63) is 252 Å². The molecular weight excluding hydrogens is 1460 g/mol. The minimum absolute atomic E-state index is 0. The Morgan fingerprint density at radius 3 is 1.07 bits per heavy atom. The van der Waals surface area contributed by atoms with Crippen LogP contribution in [-0.4, -0.2) is 160 Å². The molecule has 3 aliphatic heterocycles. The van der Waals surface area contributed by atoms with Gasteiger partial charge in [0.25, 0.3) is 0 Å². The van der Waals surface area contributed by atoms with Crippen molar-refractivity contribution >= 4 is 45.7 Å². The number of fused-ring (bicyclic) bond motifs is 3. The molecule has 15 heterocycles. The van der Waals surface area contributed by atoms with Crippen LogP contribution < -0.4 is 19.5 Å². The van der Waals surface area contributed by atoms with Crippen LogP contribution in [0.3, 0.4) is 0 Å². The number of pyridine rings is 9. The lowest BCUT2D eigenvalue weighted by Crippen LogP contribution is -2.28. The highest BCUT2D eigenvalue weighted by Crippen LogP contribution is 2.36. The van der Waals surface area contributed by atoms with Crippen LogP contribution in [-0.2, 0) is 19.5 Å². The average Bonchev–Trinajstić information content (AvgIpc) is 1.72. The predicted molar refractivity (Wildman–Crippen MR) is 425 cm³/mol. The summed E-state index contributed by atoms with van der Waals surface area (Å²) in [6.45, 7) is 18.7. The smallest absolute Gasteiger partial charge is 0.141 e. The van der Waals surface area contributed by atoms with Crippen molar-refractivity contribution < 1.29 is 42.7 Å². The van der Waals surface area contributed by atoms with Crippen LogP contribution in [0.1, 0.15) is 118 Å². The van der Waals surface area contributed by atoms with Gasteiger partial charge in [-0.3, -0.25) is 39.7 Å². The van der Waals surface area contributed by atoms with E-state index < -0.39 is 16.8 Å². The van der Waals surface area contributed by atoms with Gasteiger partial charge in [-0.25, -0.2) is 26.7 Å². The first kappa shape index (κ1) is 81.9. The third kappa shape index (κ3) is 21.9.